The van der Waals surface area contributed by atoms with E-state index in [1.807, 2.05) is 72.7 Å². The maximum absolute atomic E-state index is 14.1. The predicted octanol–water partition coefficient (Wildman–Crippen LogP) is 5.78. The van der Waals surface area contributed by atoms with Crippen molar-refractivity contribution in [3.63, 3.8) is 0 Å². The number of β-amino-alcohol motifs (C(OH)–C–C–N with tert-alkyl or cyclic N) is 1. The molecule has 2 aromatic heterocycles. The van der Waals surface area contributed by atoms with Crippen molar-refractivity contribution in [3.05, 3.63) is 76.8 Å². The van der Waals surface area contributed by atoms with Crippen LogP contribution in [0.3, 0.4) is 0 Å². The van der Waals surface area contributed by atoms with Crippen LogP contribution in [0.1, 0.15) is 94.4 Å². The van der Waals surface area contributed by atoms with Crippen LogP contribution < -0.4 is 16.0 Å². The Morgan fingerprint density at radius 2 is 1.67 bits per heavy atom. The smallest absolute Gasteiger partial charge is 0.391 e. The van der Waals surface area contributed by atoms with Gasteiger partial charge in [-0.15, -0.1) is 11.3 Å². The van der Waals surface area contributed by atoms with Gasteiger partial charge in [-0.1, -0.05) is 69.2 Å². The number of thiazole rings is 1. The minimum absolute atomic E-state index is 0.0332. The van der Waals surface area contributed by atoms with Gasteiger partial charge in [0.15, 0.2) is 0 Å². The maximum atomic E-state index is 14.1. The van der Waals surface area contributed by atoms with Gasteiger partial charge in [0.1, 0.15) is 12.1 Å². The number of halogens is 3. The Morgan fingerprint density at radius 1 is 1.00 bits per heavy atom. The third-order valence-corrected chi connectivity index (χ3v) is 11.3. The Bertz CT molecular complexity index is 2100. The number of aryl methyl sites for hydroxylation is 1. The number of alkyl halides is 3. The number of aromatic nitrogens is 3. The van der Waals surface area contributed by atoms with Crippen LogP contribution in [0.4, 0.5) is 13.2 Å². The van der Waals surface area contributed by atoms with Crippen molar-refractivity contribution in [2.45, 2.75) is 104 Å². The summed E-state index contributed by atoms with van der Waals surface area (Å²) in [4.78, 5) is 66.2. The van der Waals surface area contributed by atoms with Gasteiger partial charge in [-0.25, -0.2) is 4.98 Å². The molecule has 4 N–H and O–H groups in total. The molecule has 0 saturated carbocycles. The molecule has 14 nitrogen and oxygen atoms in total. The number of amides is 4. The molecule has 324 valence electrons. The van der Waals surface area contributed by atoms with E-state index in [1.165, 1.54) is 29.2 Å². The molecule has 0 spiro atoms. The minimum Gasteiger partial charge on any atom is -0.391 e. The molecule has 60 heavy (non-hydrogen) atoms. The number of likely N-dealkylation sites (tertiary alicyclic amines) is 1. The van der Waals surface area contributed by atoms with Crippen LogP contribution in [-0.2, 0) is 20.6 Å². The summed E-state index contributed by atoms with van der Waals surface area (Å²) in [5.74, 6) is -3.24. The van der Waals surface area contributed by atoms with E-state index in [0.29, 0.717) is 31.6 Å². The SMILES string of the molecule is CCN(CCCC(=O)N[C@H](C(=O)N1C[C@H](O)C[C@H]1C(=O)N[C@@H](C)c1ccc(-c2scnc2C)cc1)C(C)(C)C)C[C@@H](C)NC(=O)c1ccc(-c2noc(C(F)(F)F)n2)cc1. The fourth-order valence-electron chi connectivity index (χ4n) is 7.06. The molecule has 1 saturated heterocycles. The molecule has 1 aliphatic heterocycles. The van der Waals surface area contributed by atoms with Gasteiger partial charge in [-0.05, 0) is 69.0 Å². The molecule has 3 heterocycles. The van der Waals surface area contributed by atoms with Gasteiger partial charge in [-0.2, -0.15) is 18.2 Å². The summed E-state index contributed by atoms with van der Waals surface area (Å²) in [5, 5.41) is 22.8. The van der Waals surface area contributed by atoms with E-state index in [-0.39, 0.29) is 60.6 Å². The van der Waals surface area contributed by atoms with E-state index in [1.54, 1.807) is 16.8 Å². The van der Waals surface area contributed by atoms with Crippen LogP contribution in [0.5, 0.6) is 0 Å². The highest BCUT2D eigenvalue weighted by molar-refractivity contribution is 7.13. The van der Waals surface area contributed by atoms with Gasteiger partial charge in [0.25, 0.3) is 5.91 Å². The molecule has 1 aliphatic rings. The van der Waals surface area contributed by atoms with Gasteiger partial charge < -0.3 is 35.4 Å². The lowest BCUT2D eigenvalue weighted by Gasteiger charge is -2.35. The first-order valence-electron chi connectivity index (χ1n) is 19.9. The van der Waals surface area contributed by atoms with Crippen molar-refractivity contribution in [1.29, 1.82) is 0 Å². The zero-order chi connectivity index (χ0) is 43.9. The highest BCUT2D eigenvalue weighted by atomic mass is 32.1. The molecular weight excluding hydrogens is 802 g/mol. The molecule has 0 radical (unpaired) electrons. The van der Waals surface area contributed by atoms with Crippen LogP contribution in [0.2, 0.25) is 0 Å². The second-order valence-electron chi connectivity index (χ2n) is 16.3. The van der Waals surface area contributed by atoms with Crippen LogP contribution in [-0.4, -0.2) is 104 Å². The molecule has 0 unspecified atom stereocenters. The molecule has 5 atom stereocenters. The molecular formula is C42H53F3N8O6S. The standard InChI is InChI=1S/C42H53F3N8O6S/c1-8-52(21-24(2)47-37(56)30-17-15-29(16-18-30)36-50-40(59-51-36)42(43,44)45)19-9-10-33(55)49-35(41(5,6)7)39(58)53-22-31(54)20-32(53)38(57)48-25(3)27-11-13-28(14-12-27)34-26(4)46-23-60-34/h11-18,23-25,31-32,35,54H,8-10,19-22H2,1-7H3,(H,47,56)(H,48,57)(H,49,55)/t24-,25+,31-,32+,35-/m1/s1. The van der Waals surface area contributed by atoms with Crippen LogP contribution in [0.15, 0.2) is 58.6 Å². The molecule has 1 fully saturated rings. The fourth-order valence-corrected chi connectivity index (χ4v) is 7.87. The number of benzene rings is 2. The Balaban J connectivity index is 1.10. The van der Waals surface area contributed by atoms with Gasteiger partial charge in [0.05, 0.1) is 28.2 Å². The van der Waals surface area contributed by atoms with Crippen molar-refractivity contribution in [1.82, 2.24) is 40.9 Å². The van der Waals surface area contributed by atoms with Gasteiger partial charge in [0, 0.05) is 43.1 Å². The number of carbonyl (C=O) groups is 4. The number of aliphatic hydroxyl groups is 1. The number of nitrogens with one attached hydrogen (secondary N) is 3. The van der Waals surface area contributed by atoms with Crippen molar-refractivity contribution < 1.29 is 42.0 Å². The lowest BCUT2D eigenvalue weighted by atomic mass is 9.85. The Kier molecular flexibility index (Phi) is 14.9. The molecule has 2 aromatic carbocycles. The van der Waals surface area contributed by atoms with E-state index in [0.717, 1.165) is 21.7 Å². The average Bonchev–Trinajstić information content (AvgIpc) is 3.96. The zero-order valence-electron chi connectivity index (χ0n) is 34.8. The van der Waals surface area contributed by atoms with E-state index >= 15 is 0 Å². The van der Waals surface area contributed by atoms with Crippen molar-refractivity contribution >= 4 is 35.0 Å². The van der Waals surface area contributed by atoms with Crippen molar-refractivity contribution in [3.8, 4) is 21.8 Å². The number of hydrogen-bond acceptors (Lipinski definition) is 11. The topological polar surface area (TPSA) is 183 Å². The summed E-state index contributed by atoms with van der Waals surface area (Å²) >= 11 is 1.56. The zero-order valence-corrected chi connectivity index (χ0v) is 35.6. The molecule has 18 heteroatoms. The van der Waals surface area contributed by atoms with E-state index in [2.05, 4.69) is 40.5 Å². The normalized spacial score (nSPS) is 17.3. The quantitative estimate of drug-likeness (QED) is 0.108. The lowest BCUT2D eigenvalue weighted by molar-refractivity contribution is -0.159. The summed E-state index contributed by atoms with van der Waals surface area (Å²) < 4.78 is 42.8. The highest BCUT2D eigenvalue weighted by Gasteiger charge is 2.45. The second kappa shape index (κ2) is 19.5. The van der Waals surface area contributed by atoms with E-state index < -0.39 is 41.6 Å². The predicted molar refractivity (Wildman–Crippen MR) is 219 cm³/mol. The van der Waals surface area contributed by atoms with Crippen LogP contribution in [0, 0.1) is 12.3 Å². The highest BCUT2D eigenvalue weighted by Crippen LogP contribution is 2.31. The van der Waals surface area contributed by atoms with Gasteiger partial charge >= 0.3 is 12.1 Å². The third-order valence-electron chi connectivity index (χ3n) is 10.4. The Hall–Kier alpha value is -5.20. The lowest BCUT2D eigenvalue weighted by Crippen LogP contribution is -2.57. The fraction of sp³-hybridized carbons (Fsp3) is 0.500. The number of nitrogens with zero attached hydrogens (tertiary/aromatic N) is 5. The van der Waals surface area contributed by atoms with Crippen LogP contribution >= 0.6 is 11.3 Å². The molecule has 5 rings (SSSR count). The summed E-state index contributed by atoms with van der Waals surface area (Å²) in [6, 6.07) is 11.1. The van der Waals surface area contributed by atoms with Crippen molar-refractivity contribution in [2.24, 2.45) is 5.41 Å². The second-order valence-corrected chi connectivity index (χ2v) is 17.1. The Labute approximate surface area is 351 Å². The molecule has 0 aliphatic carbocycles. The molecule has 4 amide bonds. The van der Waals surface area contributed by atoms with E-state index in [9.17, 15) is 37.5 Å². The first-order chi connectivity index (χ1) is 28.2. The average molecular weight is 855 g/mol. The first-order valence-corrected chi connectivity index (χ1v) is 20.8. The first kappa shape index (κ1) is 45.9. The van der Waals surface area contributed by atoms with Gasteiger partial charge in [0.2, 0.25) is 23.5 Å². The molecule has 4 aromatic rings. The number of hydrogen-bond donors (Lipinski definition) is 4. The summed E-state index contributed by atoms with van der Waals surface area (Å²) in [6.45, 7) is 14.7. The molecule has 0 bridgehead atoms. The van der Waals surface area contributed by atoms with Gasteiger partial charge in [-0.3, -0.25) is 19.2 Å². The number of aliphatic hydroxyl groups excluding tert-OH is 1. The summed E-state index contributed by atoms with van der Waals surface area (Å²) in [5.41, 5.74) is 4.51. The minimum atomic E-state index is -4.76. The monoisotopic (exact) mass is 854 g/mol. The third kappa shape index (κ3) is 11.8. The Morgan fingerprint density at radius 3 is 2.25 bits per heavy atom. The number of rotatable bonds is 16. The maximum Gasteiger partial charge on any atom is 0.471 e. The summed E-state index contributed by atoms with van der Waals surface area (Å²) in [7, 11) is 0. The van der Waals surface area contributed by atoms with E-state index in [4.69, 9.17) is 0 Å². The number of carbonyl (C=O) groups excluding carboxylic acids is 4. The number of likely N-dealkylation sites (N-methyl/N-ethyl adjacent to an activating group) is 1. The summed E-state index contributed by atoms with van der Waals surface area (Å²) in [6.07, 6.45) is -4.99. The van der Waals surface area contributed by atoms with Crippen LogP contribution in [0.25, 0.3) is 21.8 Å². The van der Waals surface area contributed by atoms with Crippen molar-refractivity contribution in [2.75, 3.05) is 26.2 Å². The largest absolute Gasteiger partial charge is 0.471 e.